The molecule has 0 aliphatic rings. The molecule has 36 heavy (non-hydrogen) atoms. The number of alkyl carbamates (subject to hydrolysis) is 1. The molecule has 3 rings (SSSR count). The predicted octanol–water partition coefficient (Wildman–Crippen LogP) is 4.37. The van der Waals surface area contributed by atoms with Crippen LogP contribution in [0, 0.1) is 5.82 Å². The molecular formula is C26H31FN4O5. The summed E-state index contributed by atoms with van der Waals surface area (Å²) < 4.78 is 30.8. The zero-order valence-electron chi connectivity index (χ0n) is 20.9. The summed E-state index contributed by atoms with van der Waals surface area (Å²) in [7, 11) is 0. The van der Waals surface area contributed by atoms with Crippen LogP contribution in [0.1, 0.15) is 45.4 Å². The second-order valence-corrected chi connectivity index (χ2v) is 9.07. The monoisotopic (exact) mass is 498 g/mol. The zero-order valence-corrected chi connectivity index (χ0v) is 20.9. The number of nitrogens with zero attached hydrogens (tertiary/aromatic N) is 3. The van der Waals surface area contributed by atoms with Crippen LogP contribution in [0.4, 0.5) is 9.18 Å². The molecule has 0 fully saturated rings. The Morgan fingerprint density at radius 1 is 1.14 bits per heavy atom. The molecule has 3 aromatic rings. The van der Waals surface area contributed by atoms with Gasteiger partial charge in [0.1, 0.15) is 23.6 Å². The Labute approximate surface area is 209 Å². The Kier molecular flexibility index (Phi) is 8.99. The summed E-state index contributed by atoms with van der Waals surface area (Å²) in [6.07, 6.45) is 0.870. The molecule has 0 spiro atoms. The van der Waals surface area contributed by atoms with Crippen LogP contribution in [-0.4, -0.2) is 45.3 Å². The van der Waals surface area contributed by atoms with Crippen molar-refractivity contribution < 1.29 is 28.2 Å². The molecule has 1 unspecified atom stereocenters. The number of benzene rings is 2. The van der Waals surface area contributed by atoms with E-state index < -0.39 is 29.5 Å². The molecule has 0 saturated heterocycles. The molecule has 0 aliphatic carbocycles. The van der Waals surface area contributed by atoms with Crippen LogP contribution in [0.5, 0.6) is 5.75 Å². The van der Waals surface area contributed by atoms with E-state index in [9.17, 15) is 14.0 Å². The summed E-state index contributed by atoms with van der Waals surface area (Å²) in [6, 6.07) is 13.4. The van der Waals surface area contributed by atoms with Crippen LogP contribution in [0.25, 0.3) is 5.69 Å². The minimum Gasteiger partial charge on any atom is -0.489 e. The SMILES string of the molecule is CCOC(=O)CC(Cc1cnn(-c2ccc(OCc3ccccc3)cc2F)n1)NC(=O)OC(C)(C)C. The van der Waals surface area contributed by atoms with Gasteiger partial charge in [-0.25, -0.2) is 9.18 Å². The van der Waals surface area contributed by atoms with E-state index in [2.05, 4.69) is 15.5 Å². The van der Waals surface area contributed by atoms with Crippen molar-refractivity contribution in [1.82, 2.24) is 20.3 Å². The molecule has 0 saturated carbocycles. The number of esters is 1. The van der Waals surface area contributed by atoms with Gasteiger partial charge in [0.05, 0.1) is 24.9 Å². The van der Waals surface area contributed by atoms with Gasteiger partial charge in [0, 0.05) is 18.5 Å². The van der Waals surface area contributed by atoms with E-state index in [-0.39, 0.29) is 25.1 Å². The maximum Gasteiger partial charge on any atom is 0.407 e. The standard InChI is InChI=1S/C26H31FN4O5/c1-5-34-24(32)14-19(29-25(33)36-26(2,3)4)13-20-16-28-31(30-20)23-12-11-21(15-22(23)27)35-17-18-9-7-6-8-10-18/h6-12,15-16,19H,5,13-14,17H2,1-4H3,(H,29,33). The Morgan fingerprint density at radius 3 is 2.56 bits per heavy atom. The number of amides is 1. The molecule has 0 aliphatic heterocycles. The van der Waals surface area contributed by atoms with E-state index in [1.54, 1.807) is 33.8 Å². The molecule has 1 N–H and O–H groups in total. The van der Waals surface area contributed by atoms with Gasteiger partial charge in [-0.05, 0) is 45.4 Å². The normalized spacial score (nSPS) is 12.0. The van der Waals surface area contributed by atoms with Crippen molar-refractivity contribution >= 4 is 12.1 Å². The smallest absolute Gasteiger partial charge is 0.407 e. The third-order valence-corrected chi connectivity index (χ3v) is 4.82. The molecule has 1 atom stereocenters. The van der Waals surface area contributed by atoms with E-state index in [0.29, 0.717) is 18.1 Å². The first kappa shape index (κ1) is 26.7. The number of hydrogen-bond acceptors (Lipinski definition) is 7. The van der Waals surface area contributed by atoms with E-state index in [4.69, 9.17) is 14.2 Å². The van der Waals surface area contributed by atoms with Gasteiger partial charge >= 0.3 is 12.1 Å². The number of aromatic nitrogens is 3. The van der Waals surface area contributed by atoms with Crippen LogP contribution >= 0.6 is 0 Å². The topological polar surface area (TPSA) is 105 Å². The molecule has 10 heteroatoms. The van der Waals surface area contributed by atoms with Crippen LogP contribution in [0.3, 0.4) is 0 Å². The highest BCUT2D eigenvalue weighted by Crippen LogP contribution is 2.20. The third-order valence-electron chi connectivity index (χ3n) is 4.82. The van der Waals surface area contributed by atoms with Gasteiger partial charge in [-0.15, -0.1) is 4.80 Å². The highest BCUT2D eigenvalue weighted by Gasteiger charge is 2.23. The number of hydrogen-bond donors (Lipinski definition) is 1. The summed E-state index contributed by atoms with van der Waals surface area (Å²) in [5, 5.41) is 11.1. The minimum atomic E-state index is -0.698. The van der Waals surface area contributed by atoms with Gasteiger partial charge < -0.3 is 19.5 Å². The Balaban J connectivity index is 1.68. The quantitative estimate of drug-likeness (QED) is 0.414. The summed E-state index contributed by atoms with van der Waals surface area (Å²) in [5.41, 5.74) is 0.855. The number of carbonyl (C=O) groups is 2. The third kappa shape index (κ3) is 8.37. The van der Waals surface area contributed by atoms with Crippen molar-refractivity contribution in [3.05, 3.63) is 71.8 Å². The van der Waals surface area contributed by atoms with Crippen molar-refractivity contribution in [2.45, 2.75) is 58.8 Å². The van der Waals surface area contributed by atoms with E-state index in [1.165, 1.54) is 18.3 Å². The highest BCUT2D eigenvalue weighted by atomic mass is 19.1. The van der Waals surface area contributed by atoms with Gasteiger partial charge in [-0.1, -0.05) is 30.3 Å². The fraction of sp³-hybridized carbons (Fsp3) is 0.385. The van der Waals surface area contributed by atoms with Gasteiger partial charge in [0.2, 0.25) is 0 Å². The number of nitrogens with one attached hydrogen (secondary N) is 1. The fourth-order valence-electron chi connectivity index (χ4n) is 3.31. The number of ether oxygens (including phenoxy) is 3. The molecular weight excluding hydrogens is 467 g/mol. The van der Waals surface area contributed by atoms with E-state index >= 15 is 0 Å². The van der Waals surface area contributed by atoms with Gasteiger partial charge in [0.15, 0.2) is 5.82 Å². The summed E-state index contributed by atoms with van der Waals surface area (Å²) in [4.78, 5) is 25.5. The van der Waals surface area contributed by atoms with E-state index in [1.807, 2.05) is 30.3 Å². The molecule has 9 nitrogen and oxygen atoms in total. The first-order valence-corrected chi connectivity index (χ1v) is 11.7. The highest BCUT2D eigenvalue weighted by molar-refractivity contribution is 5.73. The first-order chi connectivity index (χ1) is 17.1. The van der Waals surface area contributed by atoms with E-state index in [0.717, 1.165) is 10.4 Å². The minimum absolute atomic E-state index is 0.0816. The summed E-state index contributed by atoms with van der Waals surface area (Å²) in [5.74, 6) is -0.649. The maximum atomic E-state index is 14.8. The molecule has 192 valence electrons. The number of rotatable bonds is 10. The largest absolute Gasteiger partial charge is 0.489 e. The lowest BCUT2D eigenvalue weighted by Gasteiger charge is -2.23. The van der Waals surface area contributed by atoms with Crippen LogP contribution in [0.2, 0.25) is 0 Å². The average Bonchev–Trinajstić information content (AvgIpc) is 3.25. The van der Waals surface area contributed by atoms with Gasteiger partial charge in [0.25, 0.3) is 0 Å². The van der Waals surface area contributed by atoms with Crippen molar-refractivity contribution in [1.29, 1.82) is 0 Å². The van der Waals surface area contributed by atoms with Crippen LogP contribution in [-0.2, 0) is 27.3 Å². The fourth-order valence-corrected chi connectivity index (χ4v) is 3.31. The molecule has 1 heterocycles. The molecule has 1 aromatic heterocycles. The second-order valence-electron chi connectivity index (χ2n) is 9.07. The molecule has 2 aromatic carbocycles. The molecule has 0 radical (unpaired) electrons. The predicted molar refractivity (Wildman–Crippen MR) is 130 cm³/mol. The van der Waals surface area contributed by atoms with Gasteiger partial charge in [-0.3, -0.25) is 4.79 Å². The lowest BCUT2D eigenvalue weighted by Crippen LogP contribution is -2.41. The Morgan fingerprint density at radius 2 is 1.89 bits per heavy atom. The van der Waals surface area contributed by atoms with Crippen molar-refractivity contribution in [3.8, 4) is 11.4 Å². The molecule has 1 amide bonds. The Hall–Kier alpha value is -3.95. The summed E-state index contributed by atoms with van der Waals surface area (Å²) >= 11 is 0. The van der Waals surface area contributed by atoms with Crippen molar-refractivity contribution in [3.63, 3.8) is 0 Å². The molecule has 0 bridgehead atoms. The summed E-state index contributed by atoms with van der Waals surface area (Å²) in [6.45, 7) is 7.46. The lowest BCUT2D eigenvalue weighted by molar-refractivity contribution is -0.143. The lowest BCUT2D eigenvalue weighted by atomic mass is 10.1. The average molecular weight is 499 g/mol. The van der Waals surface area contributed by atoms with Gasteiger partial charge in [-0.2, -0.15) is 10.2 Å². The van der Waals surface area contributed by atoms with Crippen LogP contribution < -0.4 is 10.1 Å². The second kappa shape index (κ2) is 12.1. The maximum absolute atomic E-state index is 14.8. The first-order valence-electron chi connectivity index (χ1n) is 11.7. The van der Waals surface area contributed by atoms with Crippen molar-refractivity contribution in [2.24, 2.45) is 0 Å². The number of halogens is 1. The van der Waals surface area contributed by atoms with Crippen molar-refractivity contribution in [2.75, 3.05) is 6.61 Å². The Bertz CT molecular complexity index is 1160. The number of carbonyl (C=O) groups excluding carboxylic acids is 2. The zero-order chi connectivity index (χ0) is 26.1. The van der Waals surface area contributed by atoms with Crippen LogP contribution in [0.15, 0.2) is 54.7 Å².